The van der Waals surface area contributed by atoms with Gasteiger partial charge < -0.3 is 15.5 Å². The molecular weight excluding hydrogens is 292 g/mol. The summed E-state index contributed by atoms with van der Waals surface area (Å²) in [5.74, 6) is 0.470. The van der Waals surface area contributed by atoms with Crippen LogP contribution in [0.5, 0.6) is 0 Å². The van der Waals surface area contributed by atoms with Crippen molar-refractivity contribution in [2.24, 2.45) is 5.92 Å². The second-order valence-corrected chi connectivity index (χ2v) is 6.44. The van der Waals surface area contributed by atoms with Gasteiger partial charge in [-0.15, -0.1) is 0 Å². The SMILES string of the molecule is CCC(NC(=O)NCC1CC(=O)N(C2CC2)C1)c1ccncc1. The third-order valence-electron chi connectivity index (χ3n) is 4.60. The Morgan fingerprint density at radius 1 is 1.39 bits per heavy atom. The highest BCUT2D eigenvalue weighted by Gasteiger charge is 2.39. The number of amides is 3. The predicted octanol–water partition coefficient (Wildman–Crippen LogP) is 1.84. The van der Waals surface area contributed by atoms with Crippen LogP contribution in [0.15, 0.2) is 24.5 Å². The minimum atomic E-state index is -0.175. The fraction of sp³-hybridized carbons (Fsp3) is 0.588. The molecule has 0 radical (unpaired) electrons. The van der Waals surface area contributed by atoms with E-state index in [1.807, 2.05) is 24.0 Å². The van der Waals surface area contributed by atoms with Crippen molar-refractivity contribution >= 4 is 11.9 Å². The minimum Gasteiger partial charge on any atom is -0.339 e. The largest absolute Gasteiger partial charge is 0.339 e. The zero-order chi connectivity index (χ0) is 16.2. The molecule has 2 N–H and O–H groups in total. The summed E-state index contributed by atoms with van der Waals surface area (Å²) in [4.78, 5) is 30.0. The van der Waals surface area contributed by atoms with E-state index in [1.165, 1.54) is 0 Å². The van der Waals surface area contributed by atoms with Gasteiger partial charge in [-0.2, -0.15) is 0 Å². The number of hydrogen-bond acceptors (Lipinski definition) is 3. The summed E-state index contributed by atoms with van der Waals surface area (Å²) >= 11 is 0. The van der Waals surface area contributed by atoms with Crippen molar-refractivity contribution in [1.82, 2.24) is 20.5 Å². The molecule has 6 nitrogen and oxygen atoms in total. The molecule has 0 aromatic carbocycles. The number of urea groups is 1. The number of likely N-dealkylation sites (tertiary alicyclic amines) is 1. The quantitative estimate of drug-likeness (QED) is 0.841. The molecule has 3 amide bonds. The number of aromatic nitrogens is 1. The van der Waals surface area contributed by atoms with Gasteiger partial charge in [-0.3, -0.25) is 9.78 Å². The summed E-state index contributed by atoms with van der Waals surface area (Å²) in [6.07, 6.45) is 7.10. The summed E-state index contributed by atoms with van der Waals surface area (Å²) in [6, 6.07) is 4.10. The molecule has 2 atom stereocenters. The van der Waals surface area contributed by atoms with Crippen LogP contribution in [0.2, 0.25) is 0 Å². The molecule has 1 aliphatic carbocycles. The lowest BCUT2D eigenvalue weighted by Gasteiger charge is -2.19. The topological polar surface area (TPSA) is 74.3 Å². The standard InChI is InChI=1S/C17H24N4O2/c1-2-15(13-5-7-18-8-6-13)20-17(23)19-10-12-9-16(22)21(11-12)14-3-4-14/h5-8,12,14-15H,2-4,9-11H2,1H3,(H2,19,20,23). The molecule has 1 aromatic rings. The molecule has 124 valence electrons. The smallest absolute Gasteiger partial charge is 0.315 e. The summed E-state index contributed by atoms with van der Waals surface area (Å²) in [7, 11) is 0. The van der Waals surface area contributed by atoms with Crippen LogP contribution in [-0.2, 0) is 4.79 Å². The molecule has 1 saturated heterocycles. The maximum Gasteiger partial charge on any atom is 0.315 e. The van der Waals surface area contributed by atoms with Gasteiger partial charge in [0.2, 0.25) is 5.91 Å². The van der Waals surface area contributed by atoms with Gasteiger partial charge in [0.1, 0.15) is 0 Å². The van der Waals surface area contributed by atoms with Crippen molar-refractivity contribution in [3.05, 3.63) is 30.1 Å². The second-order valence-electron chi connectivity index (χ2n) is 6.44. The monoisotopic (exact) mass is 316 g/mol. The first-order valence-electron chi connectivity index (χ1n) is 8.41. The lowest BCUT2D eigenvalue weighted by Crippen LogP contribution is -2.40. The molecule has 1 aromatic heterocycles. The number of nitrogens with one attached hydrogen (secondary N) is 2. The highest BCUT2D eigenvalue weighted by molar-refractivity contribution is 5.79. The third-order valence-corrected chi connectivity index (χ3v) is 4.60. The lowest BCUT2D eigenvalue weighted by atomic mass is 10.1. The Hall–Kier alpha value is -2.11. The van der Waals surface area contributed by atoms with Crippen molar-refractivity contribution in [2.45, 2.75) is 44.7 Å². The number of carbonyl (C=O) groups is 2. The maximum absolute atomic E-state index is 12.1. The number of rotatable bonds is 6. The maximum atomic E-state index is 12.1. The van der Waals surface area contributed by atoms with Crippen LogP contribution in [0.3, 0.4) is 0 Å². The van der Waals surface area contributed by atoms with Gasteiger partial charge in [0.25, 0.3) is 0 Å². The number of hydrogen-bond donors (Lipinski definition) is 2. The van der Waals surface area contributed by atoms with E-state index in [9.17, 15) is 9.59 Å². The average Bonchev–Trinajstić information content (AvgIpc) is 3.34. The van der Waals surface area contributed by atoms with Crippen molar-refractivity contribution in [2.75, 3.05) is 13.1 Å². The zero-order valence-electron chi connectivity index (χ0n) is 13.5. The Bertz CT molecular complexity index is 559. The van der Waals surface area contributed by atoms with E-state index in [4.69, 9.17) is 0 Å². The van der Waals surface area contributed by atoms with Crippen LogP contribution in [0.25, 0.3) is 0 Å². The van der Waals surface area contributed by atoms with Gasteiger partial charge in [-0.25, -0.2) is 4.79 Å². The van der Waals surface area contributed by atoms with E-state index in [2.05, 4.69) is 15.6 Å². The molecule has 6 heteroatoms. The summed E-state index contributed by atoms with van der Waals surface area (Å²) in [6.45, 7) is 3.37. The molecule has 1 aliphatic heterocycles. The van der Waals surface area contributed by atoms with E-state index in [0.29, 0.717) is 19.0 Å². The van der Waals surface area contributed by atoms with E-state index in [-0.39, 0.29) is 23.9 Å². The number of nitrogens with zero attached hydrogens (tertiary/aromatic N) is 2. The predicted molar refractivity (Wildman–Crippen MR) is 86.6 cm³/mol. The molecular formula is C17H24N4O2. The first kappa shape index (κ1) is 15.8. The Kier molecular flexibility index (Phi) is 4.79. The third kappa shape index (κ3) is 4.00. The van der Waals surface area contributed by atoms with Crippen molar-refractivity contribution in [1.29, 1.82) is 0 Å². The molecule has 2 unspecified atom stereocenters. The highest BCUT2D eigenvalue weighted by Crippen LogP contribution is 2.32. The fourth-order valence-corrected chi connectivity index (χ4v) is 3.15. The van der Waals surface area contributed by atoms with Crippen LogP contribution in [0.1, 0.15) is 44.2 Å². The summed E-state index contributed by atoms with van der Waals surface area (Å²) in [5, 5.41) is 5.90. The summed E-state index contributed by atoms with van der Waals surface area (Å²) < 4.78 is 0. The molecule has 0 bridgehead atoms. The first-order valence-corrected chi connectivity index (χ1v) is 8.41. The number of carbonyl (C=O) groups excluding carboxylic acids is 2. The number of pyridine rings is 1. The zero-order valence-corrected chi connectivity index (χ0v) is 13.5. The molecule has 23 heavy (non-hydrogen) atoms. The van der Waals surface area contributed by atoms with Gasteiger partial charge in [0, 0.05) is 43.9 Å². The molecule has 2 heterocycles. The molecule has 0 spiro atoms. The normalized spacial score (nSPS) is 22.0. The molecule has 3 rings (SSSR count). The van der Waals surface area contributed by atoms with Gasteiger partial charge in [0.15, 0.2) is 0 Å². The Morgan fingerprint density at radius 2 is 2.13 bits per heavy atom. The summed E-state index contributed by atoms with van der Waals surface area (Å²) in [5.41, 5.74) is 1.05. The van der Waals surface area contributed by atoms with Crippen molar-refractivity contribution < 1.29 is 9.59 Å². The van der Waals surface area contributed by atoms with Crippen LogP contribution < -0.4 is 10.6 Å². The first-order chi connectivity index (χ1) is 11.2. The molecule has 1 saturated carbocycles. The molecule has 2 fully saturated rings. The molecule has 2 aliphatic rings. The van der Waals surface area contributed by atoms with Crippen LogP contribution in [-0.4, -0.2) is 41.0 Å². The Labute approximate surface area is 136 Å². The van der Waals surface area contributed by atoms with E-state index in [1.54, 1.807) is 12.4 Å². The fourth-order valence-electron chi connectivity index (χ4n) is 3.15. The van der Waals surface area contributed by atoms with Gasteiger partial charge in [-0.05, 0) is 37.0 Å². The average molecular weight is 316 g/mol. The second kappa shape index (κ2) is 6.98. The Morgan fingerprint density at radius 3 is 2.78 bits per heavy atom. The van der Waals surface area contributed by atoms with Gasteiger partial charge in [0.05, 0.1) is 6.04 Å². The van der Waals surface area contributed by atoms with Gasteiger partial charge in [-0.1, -0.05) is 6.92 Å². The minimum absolute atomic E-state index is 0.0221. The highest BCUT2D eigenvalue weighted by atomic mass is 16.2. The van der Waals surface area contributed by atoms with Crippen molar-refractivity contribution in [3.63, 3.8) is 0 Å². The van der Waals surface area contributed by atoms with Crippen LogP contribution in [0, 0.1) is 5.92 Å². The van der Waals surface area contributed by atoms with E-state index < -0.39 is 0 Å². The van der Waals surface area contributed by atoms with E-state index in [0.717, 1.165) is 31.4 Å². The van der Waals surface area contributed by atoms with E-state index >= 15 is 0 Å². The Balaban J connectivity index is 1.45. The lowest BCUT2D eigenvalue weighted by molar-refractivity contribution is -0.128. The van der Waals surface area contributed by atoms with Crippen molar-refractivity contribution in [3.8, 4) is 0 Å². The van der Waals surface area contributed by atoms with Crippen LogP contribution in [0.4, 0.5) is 4.79 Å². The van der Waals surface area contributed by atoms with Gasteiger partial charge >= 0.3 is 6.03 Å². The van der Waals surface area contributed by atoms with Crippen LogP contribution >= 0.6 is 0 Å².